The summed E-state index contributed by atoms with van der Waals surface area (Å²) < 4.78 is 0. The fourth-order valence-electron chi connectivity index (χ4n) is 1.99. The Morgan fingerprint density at radius 3 is 0.511 bits per heavy atom. The first-order chi connectivity index (χ1) is 20.7. The van der Waals surface area contributed by atoms with Crippen molar-refractivity contribution in [3.8, 4) is 0 Å². The first-order valence-corrected chi connectivity index (χ1v) is 14.2. The van der Waals surface area contributed by atoms with E-state index < -0.39 is 0 Å². The quantitative estimate of drug-likeness (QED) is 0.109. The van der Waals surface area contributed by atoms with Crippen LogP contribution in [0.1, 0.15) is 41.5 Å². The molecule has 0 saturated carbocycles. The maximum Gasteiger partial charge on any atom is 4.00 e. The SMILES string of the molecule is C[CH-]C.C[CH-]C.C[CH-]C.[Ti+4].[Ti+4].[Ti].[c-]1ccccc1.[c-]1ccccc1.[c-]1ccccc1.c1cc[cH-]c1.c1cc[cH-]c1.c1cc[cH-]c1. The van der Waals surface area contributed by atoms with Crippen LogP contribution in [0.25, 0.3) is 0 Å². The van der Waals surface area contributed by atoms with E-state index in [2.05, 4.69) is 18.2 Å². The second-order valence-electron chi connectivity index (χ2n) is 7.85. The smallest absolute Gasteiger partial charge is 0.335 e. The van der Waals surface area contributed by atoms with Crippen LogP contribution in [0.3, 0.4) is 0 Å². The van der Waals surface area contributed by atoms with Gasteiger partial charge in [0.05, 0.1) is 0 Å². The molecule has 0 aliphatic heterocycles. The molecule has 0 bridgehead atoms. The van der Waals surface area contributed by atoms with Gasteiger partial charge < -0.3 is 19.3 Å². The minimum atomic E-state index is 0. The predicted molar refractivity (Wildman–Crippen MR) is 189 cm³/mol. The van der Waals surface area contributed by atoms with Crippen molar-refractivity contribution < 1.29 is 65.2 Å². The van der Waals surface area contributed by atoms with Crippen molar-refractivity contribution in [3.63, 3.8) is 0 Å². The summed E-state index contributed by atoms with van der Waals surface area (Å²) in [5, 5.41) is 0. The fraction of sp³-hybridized carbons (Fsp3) is 0.143. The van der Waals surface area contributed by atoms with Crippen LogP contribution in [0.4, 0.5) is 0 Å². The zero-order valence-electron chi connectivity index (χ0n) is 28.1. The van der Waals surface area contributed by atoms with E-state index in [4.69, 9.17) is 0 Å². The molecular formula is C42H51Ti3-. The minimum Gasteiger partial charge on any atom is -0.335 e. The number of rotatable bonds is 0. The van der Waals surface area contributed by atoms with Crippen LogP contribution in [0.5, 0.6) is 0 Å². The monoisotopic (exact) mass is 699 g/mol. The fourth-order valence-corrected chi connectivity index (χ4v) is 1.99. The molecule has 0 N–H and O–H groups in total. The zero-order chi connectivity index (χ0) is 31.5. The van der Waals surface area contributed by atoms with Gasteiger partial charge in [-0.05, 0) is 0 Å². The number of benzene rings is 3. The van der Waals surface area contributed by atoms with Crippen molar-refractivity contribution in [1.82, 2.24) is 0 Å². The van der Waals surface area contributed by atoms with Gasteiger partial charge in [0.2, 0.25) is 0 Å². The molecule has 6 rings (SSSR count). The summed E-state index contributed by atoms with van der Waals surface area (Å²) in [4.78, 5) is 0. The minimum absolute atomic E-state index is 0. The summed E-state index contributed by atoms with van der Waals surface area (Å²) in [7, 11) is 0. The molecule has 0 aliphatic rings. The third kappa shape index (κ3) is 69.8. The zero-order valence-corrected chi connectivity index (χ0v) is 32.7. The molecule has 232 valence electrons. The van der Waals surface area contributed by atoms with Crippen molar-refractivity contribution in [2.45, 2.75) is 41.5 Å². The Morgan fingerprint density at radius 2 is 0.467 bits per heavy atom. The Bertz CT molecular complexity index is 754. The average Bonchev–Trinajstić information content (AvgIpc) is 3.90. The third-order valence-electron chi connectivity index (χ3n) is 3.49. The van der Waals surface area contributed by atoms with Crippen molar-refractivity contribution in [2.75, 3.05) is 0 Å². The van der Waals surface area contributed by atoms with Gasteiger partial charge in [0.1, 0.15) is 0 Å². The van der Waals surface area contributed by atoms with Crippen LogP contribution in [-0.4, -0.2) is 0 Å². The van der Waals surface area contributed by atoms with E-state index in [0.29, 0.717) is 0 Å². The standard InChI is InChI=1S/3C6H5.3C5H5.3C3H7.3Ti/c3*1-2-4-6-5-3-1;3*1-2-4-5-3-1;3*1-3-2;;;/h3*1-5H;3*1-5H;3*3H,1-2H3;;;/q9*-1;;2*+4. The molecule has 0 atom stereocenters. The Kier molecular flexibility index (Phi) is 74.9. The van der Waals surface area contributed by atoms with Crippen LogP contribution >= 0.6 is 0 Å². The van der Waals surface area contributed by atoms with Crippen LogP contribution in [0, 0.1) is 37.5 Å². The molecule has 0 unspecified atom stereocenters. The van der Waals surface area contributed by atoms with Crippen molar-refractivity contribution in [2.24, 2.45) is 0 Å². The van der Waals surface area contributed by atoms with Crippen LogP contribution in [-0.2, 0) is 65.2 Å². The summed E-state index contributed by atoms with van der Waals surface area (Å²) in [6.45, 7) is 12.0. The van der Waals surface area contributed by atoms with Gasteiger partial charge in [-0.1, -0.05) is 0 Å². The number of hydrogen-bond donors (Lipinski definition) is 0. The average molecular weight is 699 g/mol. The molecular weight excluding hydrogens is 648 g/mol. The maximum absolute atomic E-state index is 2.89. The second kappa shape index (κ2) is 61.0. The van der Waals surface area contributed by atoms with Crippen molar-refractivity contribution in [1.29, 1.82) is 0 Å². The molecule has 0 heterocycles. The number of hydrogen-bond acceptors (Lipinski definition) is 0. The molecule has 6 aromatic carbocycles. The Hall–Kier alpha value is -2.15. The molecule has 0 saturated heterocycles. The normalized spacial score (nSPS) is 7.07. The summed E-state index contributed by atoms with van der Waals surface area (Å²) in [6.07, 6.45) is 6.00. The molecule has 6 aromatic rings. The van der Waals surface area contributed by atoms with Gasteiger partial charge in [-0.3, -0.25) is 0 Å². The first-order valence-electron chi connectivity index (χ1n) is 14.2. The van der Waals surface area contributed by atoms with Crippen LogP contribution in [0.15, 0.2) is 182 Å². The second-order valence-corrected chi connectivity index (χ2v) is 7.85. The molecule has 45 heavy (non-hydrogen) atoms. The van der Waals surface area contributed by atoms with E-state index in [1.165, 1.54) is 0 Å². The summed E-state index contributed by atoms with van der Waals surface area (Å²) in [5.41, 5.74) is 0. The molecule has 0 aliphatic carbocycles. The Balaban J connectivity index is -0.0000000955. The summed E-state index contributed by atoms with van der Waals surface area (Å²) in [5.74, 6) is 0. The topological polar surface area (TPSA) is 0 Å². The summed E-state index contributed by atoms with van der Waals surface area (Å²) >= 11 is 0. The molecule has 0 aromatic heterocycles. The van der Waals surface area contributed by atoms with E-state index in [0.717, 1.165) is 0 Å². The van der Waals surface area contributed by atoms with Crippen molar-refractivity contribution in [3.05, 3.63) is 219 Å². The van der Waals surface area contributed by atoms with E-state index in [9.17, 15) is 0 Å². The van der Waals surface area contributed by atoms with Gasteiger partial charge in [-0.2, -0.15) is 205 Å². The van der Waals surface area contributed by atoms with E-state index in [-0.39, 0.29) is 65.2 Å². The Morgan fingerprint density at radius 1 is 0.311 bits per heavy atom. The first kappa shape index (κ1) is 55.3. The molecule has 3 heteroatoms. The van der Waals surface area contributed by atoms with Crippen molar-refractivity contribution >= 4 is 0 Å². The van der Waals surface area contributed by atoms with E-state index in [1.807, 2.05) is 243 Å². The van der Waals surface area contributed by atoms with Gasteiger partial charge in [-0.15, -0.1) is 0 Å². The summed E-state index contributed by atoms with van der Waals surface area (Å²) in [6, 6.07) is 67.5. The molecule has 0 nitrogen and oxygen atoms in total. The van der Waals surface area contributed by atoms with Gasteiger partial charge in [0, 0.05) is 21.7 Å². The molecule has 0 radical (unpaired) electrons. The van der Waals surface area contributed by atoms with Gasteiger partial charge >= 0.3 is 43.4 Å². The van der Waals surface area contributed by atoms with Gasteiger partial charge in [-0.25, -0.2) is 36.4 Å². The van der Waals surface area contributed by atoms with E-state index >= 15 is 0 Å². The van der Waals surface area contributed by atoms with Gasteiger partial charge in [0.25, 0.3) is 0 Å². The largest absolute Gasteiger partial charge is 4.00 e. The third-order valence-corrected chi connectivity index (χ3v) is 3.49. The van der Waals surface area contributed by atoms with Gasteiger partial charge in [0.15, 0.2) is 0 Å². The van der Waals surface area contributed by atoms with Crippen LogP contribution < -0.4 is 0 Å². The van der Waals surface area contributed by atoms with Crippen LogP contribution in [0.2, 0.25) is 0 Å². The molecule has 0 amide bonds. The van der Waals surface area contributed by atoms with E-state index in [1.54, 1.807) is 0 Å². The maximum atomic E-state index is 2.89. The molecule has 0 spiro atoms. The molecule has 0 fully saturated rings. The predicted octanol–water partition coefficient (Wildman–Crippen LogP) is 12.4. The Labute approximate surface area is 323 Å².